The molecule has 0 heterocycles. The first-order valence-electron chi connectivity index (χ1n) is 6.37. The summed E-state index contributed by atoms with van der Waals surface area (Å²) < 4.78 is 0. The van der Waals surface area contributed by atoms with Crippen LogP contribution in [-0.4, -0.2) is 22.1 Å². The van der Waals surface area contributed by atoms with E-state index in [2.05, 4.69) is 5.32 Å². The number of hydrogen-bond acceptors (Lipinski definition) is 3. The third kappa shape index (κ3) is 3.82. The highest BCUT2D eigenvalue weighted by Crippen LogP contribution is 2.20. The monoisotopic (exact) mass is 285 g/mol. The van der Waals surface area contributed by atoms with Gasteiger partial charge in [-0.25, -0.2) is 0 Å². The Balaban J connectivity index is 2.19. The number of anilines is 1. The van der Waals surface area contributed by atoms with Crippen LogP contribution in [0.15, 0.2) is 42.5 Å². The lowest BCUT2D eigenvalue weighted by atomic mass is 10.1. The van der Waals surface area contributed by atoms with Crippen molar-refractivity contribution in [2.24, 2.45) is 0 Å². The highest BCUT2D eigenvalue weighted by molar-refractivity contribution is 6.06. The molecular weight excluding hydrogens is 270 g/mol. The smallest absolute Gasteiger partial charge is 0.307 e. The fourth-order valence-corrected chi connectivity index (χ4v) is 1.96. The predicted molar refractivity (Wildman–Crippen MR) is 78.6 cm³/mol. The van der Waals surface area contributed by atoms with Gasteiger partial charge in [-0.15, -0.1) is 0 Å². The van der Waals surface area contributed by atoms with Crippen molar-refractivity contribution in [3.05, 3.63) is 59.2 Å². The van der Waals surface area contributed by atoms with Gasteiger partial charge in [0.1, 0.15) is 5.75 Å². The van der Waals surface area contributed by atoms with Gasteiger partial charge in [0.2, 0.25) is 0 Å². The van der Waals surface area contributed by atoms with Gasteiger partial charge in [0.25, 0.3) is 5.91 Å². The second-order valence-electron chi connectivity index (χ2n) is 4.75. The molecule has 3 N–H and O–H groups in total. The van der Waals surface area contributed by atoms with Crippen LogP contribution in [0, 0.1) is 6.92 Å². The van der Waals surface area contributed by atoms with E-state index in [1.54, 1.807) is 36.4 Å². The standard InChI is InChI=1S/C16H15NO4/c1-10-5-6-14(18)13(7-10)16(21)17-12-4-2-3-11(8-12)9-15(19)20/h2-8,18H,9H2,1H3,(H,17,21)(H,19,20). The molecule has 0 aliphatic carbocycles. The van der Waals surface area contributed by atoms with Crippen LogP contribution in [0.3, 0.4) is 0 Å². The molecule has 0 fully saturated rings. The van der Waals surface area contributed by atoms with Gasteiger partial charge in [0.15, 0.2) is 0 Å². The molecule has 0 aliphatic heterocycles. The molecule has 2 rings (SSSR count). The van der Waals surface area contributed by atoms with Gasteiger partial charge in [-0.3, -0.25) is 9.59 Å². The summed E-state index contributed by atoms with van der Waals surface area (Å²) in [6, 6.07) is 11.4. The van der Waals surface area contributed by atoms with Crippen molar-refractivity contribution >= 4 is 17.6 Å². The summed E-state index contributed by atoms with van der Waals surface area (Å²) in [5, 5.41) is 21.1. The lowest BCUT2D eigenvalue weighted by Crippen LogP contribution is -2.12. The Morgan fingerprint density at radius 2 is 1.90 bits per heavy atom. The number of aliphatic carboxylic acids is 1. The number of aromatic hydroxyl groups is 1. The molecule has 2 aromatic carbocycles. The number of phenols is 1. The van der Waals surface area contributed by atoms with Gasteiger partial charge >= 0.3 is 5.97 Å². The van der Waals surface area contributed by atoms with Crippen molar-refractivity contribution in [3.8, 4) is 5.75 Å². The number of carboxylic acid groups (broad SMARTS) is 1. The van der Waals surface area contributed by atoms with E-state index in [0.29, 0.717) is 11.3 Å². The fraction of sp³-hybridized carbons (Fsp3) is 0.125. The number of nitrogens with one attached hydrogen (secondary N) is 1. The number of carboxylic acids is 1. The molecule has 0 atom stereocenters. The van der Waals surface area contributed by atoms with Crippen LogP contribution < -0.4 is 5.32 Å². The van der Waals surface area contributed by atoms with Crippen LogP contribution in [0.1, 0.15) is 21.5 Å². The summed E-state index contributed by atoms with van der Waals surface area (Å²) in [4.78, 5) is 22.8. The van der Waals surface area contributed by atoms with E-state index in [9.17, 15) is 14.7 Å². The molecule has 5 heteroatoms. The summed E-state index contributed by atoms with van der Waals surface area (Å²) in [5.74, 6) is -1.47. The van der Waals surface area contributed by atoms with Crippen molar-refractivity contribution < 1.29 is 19.8 Å². The van der Waals surface area contributed by atoms with Gasteiger partial charge in [-0.1, -0.05) is 23.8 Å². The highest BCUT2D eigenvalue weighted by Gasteiger charge is 2.12. The van der Waals surface area contributed by atoms with Crippen LogP contribution >= 0.6 is 0 Å². The van der Waals surface area contributed by atoms with E-state index in [0.717, 1.165) is 5.56 Å². The third-order valence-corrected chi connectivity index (χ3v) is 2.94. The molecular formula is C16H15NO4. The van der Waals surface area contributed by atoms with Gasteiger partial charge in [-0.05, 0) is 36.8 Å². The number of rotatable bonds is 4. The van der Waals surface area contributed by atoms with Crippen LogP contribution in [-0.2, 0) is 11.2 Å². The first-order valence-corrected chi connectivity index (χ1v) is 6.37. The number of carbonyl (C=O) groups excluding carboxylic acids is 1. The summed E-state index contributed by atoms with van der Waals surface area (Å²) in [7, 11) is 0. The third-order valence-electron chi connectivity index (χ3n) is 2.94. The number of aryl methyl sites for hydroxylation is 1. The maximum atomic E-state index is 12.1. The Kier molecular flexibility index (Phi) is 4.23. The number of hydrogen-bond donors (Lipinski definition) is 3. The Morgan fingerprint density at radius 1 is 1.14 bits per heavy atom. The Morgan fingerprint density at radius 3 is 2.62 bits per heavy atom. The SMILES string of the molecule is Cc1ccc(O)c(C(=O)Nc2cccc(CC(=O)O)c2)c1. The van der Waals surface area contributed by atoms with Crippen molar-refractivity contribution in [2.45, 2.75) is 13.3 Å². The normalized spacial score (nSPS) is 10.1. The quantitative estimate of drug-likeness (QED) is 0.805. The molecule has 0 aliphatic rings. The molecule has 0 spiro atoms. The van der Waals surface area contributed by atoms with Gasteiger partial charge < -0.3 is 15.5 Å². The summed E-state index contributed by atoms with van der Waals surface area (Å²) in [6.45, 7) is 1.82. The average molecular weight is 285 g/mol. The first-order chi connectivity index (χ1) is 9.95. The van der Waals surface area contributed by atoms with Gasteiger partial charge in [0, 0.05) is 5.69 Å². The maximum Gasteiger partial charge on any atom is 0.307 e. The molecule has 1 amide bonds. The maximum absolute atomic E-state index is 12.1. The molecule has 0 bridgehead atoms. The van der Waals surface area contributed by atoms with Crippen LogP contribution in [0.2, 0.25) is 0 Å². The van der Waals surface area contributed by atoms with Crippen LogP contribution in [0.5, 0.6) is 5.75 Å². The van der Waals surface area contributed by atoms with Crippen LogP contribution in [0.25, 0.3) is 0 Å². The Hall–Kier alpha value is -2.82. The molecule has 108 valence electrons. The zero-order valence-corrected chi connectivity index (χ0v) is 11.5. The fourth-order valence-electron chi connectivity index (χ4n) is 1.96. The van der Waals surface area contributed by atoms with E-state index >= 15 is 0 Å². The largest absolute Gasteiger partial charge is 0.507 e. The molecule has 0 radical (unpaired) electrons. The zero-order valence-electron chi connectivity index (χ0n) is 11.5. The van der Waals surface area contributed by atoms with E-state index in [-0.39, 0.29) is 17.7 Å². The Labute approximate surface area is 121 Å². The van der Waals surface area contributed by atoms with E-state index in [1.807, 2.05) is 6.92 Å². The van der Waals surface area contributed by atoms with Gasteiger partial charge in [0.05, 0.1) is 12.0 Å². The number of benzene rings is 2. The second-order valence-corrected chi connectivity index (χ2v) is 4.75. The number of carbonyl (C=O) groups is 2. The highest BCUT2D eigenvalue weighted by atomic mass is 16.4. The van der Waals surface area contributed by atoms with Crippen LogP contribution in [0.4, 0.5) is 5.69 Å². The van der Waals surface area contributed by atoms with E-state index < -0.39 is 11.9 Å². The molecule has 21 heavy (non-hydrogen) atoms. The summed E-state index contributed by atoms with van der Waals surface area (Å²) in [6.07, 6.45) is -0.112. The van der Waals surface area contributed by atoms with Crippen molar-refractivity contribution in [2.75, 3.05) is 5.32 Å². The lowest BCUT2D eigenvalue weighted by Gasteiger charge is -2.08. The summed E-state index contributed by atoms with van der Waals surface area (Å²) >= 11 is 0. The average Bonchev–Trinajstić information content (AvgIpc) is 2.41. The molecule has 0 saturated heterocycles. The molecule has 5 nitrogen and oxygen atoms in total. The Bertz CT molecular complexity index is 694. The van der Waals surface area contributed by atoms with E-state index in [4.69, 9.17) is 5.11 Å². The topological polar surface area (TPSA) is 86.6 Å². The second kappa shape index (κ2) is 6.09. The van der Waals surface area contributed by atoms with Crippen molar-refractivity contribution in [3.63, 3.8) is 0 Å². The lowest BCUT2D eigenvalue weighted by molar-refractivity contribution is -0.136. The minimum Gasteiger partial charge on any atom is -0.507 e. The summed E-state index contributed by atoms with van der Waals surface area (Å²) in [5.41, 5.74) is 2.12. The van der Waals surface area contributed by atoms with Crippen molar-refractivity contribution in [1.29, 1.82) is 0 Å². The molecule has 2 aromatic rings. The van der Waals surface area contributed by atoms with Gasteiger partial charge in [-0.2, -0.15) is 0 Å². The molecule has 0 unspecified atom stereocenters. The number of phenolic OH excluding ortho intramolecular Hbond substituents is 1. The molecule has 0 aromatic heterocycles. The first kappa shape index (κ1) is 14.6. The van der Waals surface area contributed by atoms with Crippen molar-refractivity contribution in [1.82, 2.24) is 0 Å². The molecule has 0 saturated carbocycles. The zero-order chi connectivity index (χ0) is 15.4. The predicted octanol–water partition coefficient (Wildman–Crippen LogP) is 2.58. The number of amides is 1. The van der Waals surface area contributed by atoms with E-state index in [1.165, 1.54) is 6.07 Å². The minimum absolute atomic E-state index is 0.0974. The minimum atomic E-state index is -0.935.